The summed E-state index contributed by atoms with van der Waals surface area (Å²) in [7, 11) is 0. The number of benzene rings is 1. The van der Waals surface area contributed by atoms with Gasteiger partial charge < -0.3 is 5.32 Å². The van der Waals surface area contributed by atoms with E-state index in [1.54, 1.807) is 0 Å². The van der Waals surface area contributed by atoms with Crippen LogP contribution in [0.25, 0.3) is 0 Å². The fourth-order valence-electron chi connectivity index (χ4n) is 2.17. The molecule has 102 valence electrons. The zero-order chi connectivity index (χ0) is 13.7. The molecular weight excluding hydrogens is 250 g/mol. The van der Waals surface area contributed by atoms with Gasteiger partial charge in [0.1, 0.15) is 0 Å². The average Bonchev–Trinajstić information content (AvgIpc) is 2.94. The van der Waals surface area contributed by atoms with Crippen LogP contribution in [-0.4, -0.2) is 6.54 Å². The molecule has 19 heavy (non-hydrogen) atoms. The topological polar surface area (TPSA) is 12.0 Å². The van der Waals surface area contributed by atoms with E-state index in [1.165, 1.54) is 15.3 Å². The van der Waals surface area contributed by atoms with Crippen LogP contribution < -0.4 is 5.32 Å². The van der Waals surface area contributed by atoms with E-state index in [-0.39, 0.29) is 0 Å². The third kappa shape index (κ3) is 3.92. The number of rotatable bonds is 6. The van der Waals surface area contributed by atoms with Gasteiger partial charge in [0.05, 0.1) is 0 Å². The van der Waals surface area contributed by atoms with E-state index in [0.717, 1.165) is 13.0 Å². The summed E-state index contributed by atoms with van der Waals surface area (Å²) in [5.41, 5.74) is 1.41. The first-order valence-corrected chi connectivity index (χ1v) is 7.89. The molecule has 1 nitrogen and oxygen atoms in total. The van der Waals surface area contributed by atoms with Crippen molar-refractivity contribution in [3.8, 4) is 0 Å². The highest BCUT2D eigenvalue weighted by Gasteiger charge is 2.10. The zero-order valence-electron chi connectivity index (χ0n) is 12.0. The summed E-state index contributed by atoms with van der Waals surface area (Å²) in [5.74, 6) is 0.550. The van der Waals surface area contributed by atoms with Gasteiger partial charge in [0.25, 0.3) is 0 Å². The summed E-state index contributed by atoms with van der Waals surface area (Å²) < 4.78 is 0. The summed E-state index contributed by atoms with van der Waals surface area (Å²) in [4.78, 5) is 2.91. The van der Waals surface area contributed by atoms with Crippen molar-refractivity contribution in [1.29, 1.82) is 0 Å². The highest BCUT2D eigenvalue weighted by Crippen LogP contribution is 2.24. The van der Waals surface area contributed by atoms with Gasteiger partial charge in [-0.1, -0.05) is 44.2 Å². The van der Waals surface area contributed by atoms with Gasteiger partial charge in [-0.25, -0.2) is 0 Å². The normalized spacial score (nSPS) is 14.3. The number of thiophene rings is 1. The fraction of sp³-hybridized carbons (Fsp3) is 0.412. The van der Waals surface area contributed by atoms with Crippen LogP contribution in [0.2, 0.25) is 0 Å². The first-order chi connectivity index (χ1) is 9.20. The molecule has 0 spiro atoms. The second kappa shape index (κ2) is 6.88. The van der Waals surface area contributed by atoms with Crippen molar-refractivity contribution in [3.63, 3.8) is 0 Å². The van der Waals surface area contributed by atoms with Gasteiger partial charge in [0.15, 0.2) is 0 Å². The number of nitrogens with one attached hydrogen (secondary N) is 1. The Balaban J connectivity index is 1.88. The van der Waals surface area contributed by atoms with E-state index in [4.69, 9.17) is 0 Å². The molecule has 1 aromatic heterocycles. The summed E-state index contributed by atoms with van der Waals surface area (Å²) in [6, 6.07) is 15.7. The van der Waals surface area contributed by atoms with Gasteiger partial charge in [0.2, 0.25) is 0 Å². The number of hydrogen-bond acceptors (Lipinski definition) is 2. The van der Waals surface area contributed by atoms with Crippen LogP contribution in [0, 0.1) is 0 Å². The van der Waals surface area contributed by atoms with E-state index in [1.807, 2.05) is 11.3 Å². The van der Waals surface area contributed by atoms with E-state index in [0.29, 0.717) is 12.0 Å². The Morgan fingerprint density at radius 2 is 1.79 bits per heavy atom. The van der Waals surface area contributed by atoms with Crippen molar-refractivity contribution in [1.82, 2.24) is 5.32 Å². The van der Waals surface area contributed by atoms with Crippen molar-refractivity contribution < 1.29 is 0 Å². The largest absolute Gasteiger partial charge is 0.309 e. The third-order valence-electron chi connectivity index (χ3n) is 3.56. The van der Waals surface area contributed by atoms with E-state index in [9.17, 15) is 0 Å². The minimum absolute atomic E-state index is 0.441. The van der Waals surface area contributed by atoms with Crippen LogP contribution >= 0.6 is 11.3 Å². The Bertz CT molecular complexity index is 489. The van der Waals surface area contributed by atoms with Crippen LogP contribution in [0.1, 0.15) is 48.0 Å². The van der Waals surface area contributed by atoms with Gasteiger partial charge in [-0.15, -0.1) is 11.3 Å². The summed E-state index contributed by atoms with van der Waals surface area (Å²) in [6.07, 6.45) is 1.14. The van der Waals surface area contributed by atoms with Crippen molar-refractivity contribution in [3.05, 3.63) is 57.8 Å². The van der Waals surface area contributed by atoms with Crippen LogP contribution in [0.4, 0.5) is 0 Å². The molecule has 2 atom stereocenters. The Hall–Kier alpha value is -1.12. The first kappa shape index (κ1) is 14.3. The lowest BCUT2D eigenvalue weighted by Crippen LogP contribution is -2.22. The first-order valence-electron chi connectivity index (χ1n) is 7.07. The van der Waals surface area contributed by atoms with Crippen LogP contribution in [0.3, 0.4) is 0 Å². The molecule has 0 amide bonds. The molecule has 0 aliphatic carbocycles. The monoisotopic (exact) mass is 273 g/mol. The minimum atomic E-state index is 0.441. The molecule has 0 saturated heterocycles. The highest BCUT2D eigenvalue weighted by atomic mass is 32.1. The van der Waals surface area contributed by atoms with E-state index in [2.05, 4.69) is 68.6 Å². The molecule has 0 radical (unpaired) electrons. The standard InChI is InChI=1S/C17H23NS/c1-4-16-10-11-17(19-16)14(3)18-12-13(2)15-8-6-5-7-9-15/h5-11,13-14,18H,4,12H2,1-3H3. The smallest absolute Gasteiger partial charge is 0.0386 e. The van der Waals surface area contributed by atoms with Crippen LogP contribution in [0.15, 0.2) is 42.5 Å². The second-order valence-corrected chi connectivity index (χ2v) is 6.30. The number of aryl methyl sites for hydroxylation is 1. The molecule has 0 fully saturated rings. The Labute approximate surface area is 120 Å². The molecule has 0 aliphatic heterocycles. The van der Waals surface area contributed by atoms with Crippen molar-refractivity contribution in [2.24, 2.45) is 0 Å². The molecule has 0 aliphatic rings. The Morgan fingerprint density at radius 3 is 2.42 bits per heavy atom. The zero-order valence-corrected chi connectivity index (χ0v) is 12.8. The summed E-state index contributed by atoms with van der Waals surface area (Å²) in [6.45, 7) is 7.76. The second-order valence-electron chi connectivity index (χ2n) is 5.10. The molecule has 2 heteroatoms. The Morgan fingerprint density at radius 1 is 1.05 bits per heavy atom. The maximum absolute atomic E-state index is 3.64. The third-order valence-corrected chi connectivity index (χ3v) is 4.97. The Kier molecular flexibility index (Phi) is 5.17. The van der Waals surface area contributed by atoms with E-state index >= 15 is 0 Å². The van der Waals surface area contributed by atoms with Gasteiger partial charge in [0, 0.05) is 22.3 Å². The van der Waals surface area contributed by atoms with Crippen molar-refractivity contribution in [2.75, 3.05) is 6.54 Å². The SMILES string of the molecule is CCc1ccc(C(C)NCC(C)c2ccccc2)s1. The molecule has 2 unspecified atom stereocenters. The molecule has 1 N–H and O–H groups in total. The van der Waals surface area contributed by atoms with Gasteiger partial charge in [-0.3, -0.25) is 0 Å². The van der Waals surface area contributed by atoms with Crippen LogP contribution in [0.5, 0.6) is 0 Å². The van der Waals surface area contributed by atoms with Gasteiger partial charge in [-0.2, -0.15) is 0 Å². The molecule has 2 rings (SSSR count). The van der Waals surface area contributed by atoms with Gasteiger partial charge >= 0.3 is 0 Å². The molecule has 0 saturated carbocycles. The molecular formula is C17H23NS. The molecule has 1 heterocycles. The number of hydrogen-bond donors (Lipinski definition) is 1. The van der Waals surface area contributed by atoms with Crippen LogP contribution in [-0.2, 0) is 6.42 Å². The lowest BCUT2D eigenvalue weighted by molar-refractivity contribution is 0.543. The maximum atomic E-state index is 3.64. The predicted octanol–water partition coefficient (Wildman–Crippen LogP) is 4.76. The molecule has 1 aromatic carbocycles. The predicted molar refractivity (Wildman–Crippen MR) is 85.0 cm³/mol. The lowest BCUT2D eigenvalue weighted by Gasteiger charge is -2.17. The summed E-state index contributed by atoms with van der Waals surface area (Å²) >= 11 is 1.93. The van der Waals surface area contributed by atoms with E-state index < -0.39 is 0 Å². The summed E-state index contributed by atoms with van der Waals surface area (Å²) in [5, 5.41) is 3.64. The maximum Gasteiger partial charge on any atom is 0.0386 e. The van der Waals surface area contributed by atoms with Gasteiger partial charge in [-0.05, 0) is 37.0 Å². The molecule has 2 aromatic rings. The average molecular weight is 273 g/mol. The minimum Gasteiger partial charge on any atom is -0.309 e. The lowest BCUT2D eigenvalue weighted by atomic mass is 10.0. The fourth-order valence-corrected chi connectivity index (χ4v) is 3.15. The highest BCUT2D eigenvalue weighted by molar-refractivity contribution is 7.12. The van der Waals surface area contributed by atoms with Crippen molar-refractivity contribution in [2.45, 2.75) is 39.2 Å². The van der Waals surface area contributed by atoms with Crippen molar-refractivity contribution >= 4 is 11.3 Å². The molecule has 0 bridgehead atoms. The quantitative estimate of drug-likeness (QED) is 0.799.